The fraction of sp³-hybridized carbons (Fsp3) is 0.538. The molecule has 1 N–H and O–H groups in total. The van der Waals surface area contributed by atoms with Gasteiger partial charge in [-0.25, -0.2) is 4.98 Å². The SMILES string of the molecule is Cc1cnn2c1-c1cnc(C(C)(O)C(F)(F)F)n1[C@@H](C)C2. The largest absolute Gasteiger partial charge is 0.424 e. The molecule has 0 radical (unpaired) electrons. The molecule has 1 unspecified atom stereocenters. The summed E-state index contributed by atoms with van der Waals surface area (Å²) in [5.41, 5.74) is -0.843. The Hall–Kier alpha value is -1.83. The number of alkyl halides is 3. The first-order valence-electron chi connectivity index (χ1n) is 6.54. The molecule has 3 rings (SSSR count). The number of hydrogen-bond acceptors (Lipinski definition) is 3. The van der Waals surface area contributed by atoms with E-state index < -0.39 is 11.8 Å². The fourth-order valence-electron chi connectivity index (χ4n) is 2.75. The van der Waals surface area contributed by atoms with Gasteiger partial charge in [-0.3, -0.25) is 4.68 Å². The highest BCUT2D eigenvalue weighted by Gasteiger charge is 2.55. The molecule has 5 nitrogen and oxygen atoms in total. The number of aryl methyl sites for hydroxylation is 1. The molecule has 2 atom stereocenters. The fourth-order valence-corrected chi connectivity index (χ4v) is 2.75. The summed E-state index contributed by atoms with van der Waals surface area (Å²) in [7, 11) is 0. The maximum absolute atomic E-state index is 13.1. The molecule has 0 fully saturated rings. The van der Waals surface area contributed by atoms with Crippen LogP contribution in [0, 0.1) is 6.92 Å². The van der Waals surface area contributed by atoms with Gasteiger partial charge in [0.1, 0.15) is 0 Å². The molecule has 0 aromatic carbocycles. The minimum atomic E-state index is -4.79. The van der Waals surface area contributed by atoms with Crippen molar-refractivity contribution < 1.29 is 18.3 Å². The highest BCUT2D eigenvalue weighted by Crippen LogP contribution is 2.42. The maximum atomic E-state index is 13.1. The van der Waals surface area contributed by atoms with E-state index in [2.05, 4.69) is 10.1 Å². The summed E-state index contributed by atoms with van der Waals surface area (Å²) < 4.78 is 42.5. The van der Waals surface area contributed by atoms with Crippen LogP contribution in [-0.4, -0.2) is 30.6 Å². The minimum absolute atomic E-state index is 0.280. The summed E-state index contributed by atoms with van der Waals surface area (Å²) in [5, 5.41) is 14.1. The Bertz CT molecular complexity index is 699. The summed E-state index contributed by atoms with van der Waals surface area (Å²) in [5.74, 6) is -0.385. The molecule has 0 bridgehead atoms. The first-order chi connectivity index (χ1) is 9.64. The number of hydrogen-bond donors (Lipinski definition) is 1. The van der Waals surface area contributed by atoms with Crippen LogP contribution in [0.4, 0.5) is 13.2 Å². The van der Waals surface area contributed by atoms with Gasteiger partial charge in [-0.2, -0.15) is 18.3 Å². The van der Waals surface area contributed by atoms with Crippen LogP contribution < -0.4 is 0 Å². The zero-order valence-electron chi connectivity index (χ0n) is 11.8. The van der Waals surface area contributed by atoms with E-state index in [0.29, 0.717) is 12.2 Å². The predicted octanol–water partition coefficient (Wildman–Crippen LogP) is 2.40. The van der Waals surface area contributed by atoms with E-state index in [9.17, 15) is 18.3 Å². The molecule has 0 saturated heterocycles. The molecule has 114 valence electrons. The van der Waals surface area contributed by atoms with Crippen molar-refractivity contribution in [2.45, 2.75) is 45.1 Å². The van der Waals surface area contributed by atoms with Gasteiger partial charge in [0.15, 0.2) is 5.82 Å². The lowest BCUT2D eigenvalue weighted by molar-refractivity contribution is -0.262. The average Bonchev–Trinajstić information content (AvgIpc) is 2.92. The number of imidazole rings is 1. The minimum Gasteiger partial charge on any atom is -0.374 e. The molecule has 1 aliphatic heterocycles. The summed E-state index contributed by atoms with van der Waals surface area (Å²) >= 11 is 0. The Morgan fingerprint density at radius 3 is 2.62 bits per heavy atom. The Kier molecular flexibility index (Phi) is 2.75. The van der Waals surface area contributed by atoms with Crippen LogP contribution in [0.15, 0.2) is 12.4 Å². The number of nitrogens with zero attached hydrogens (tertiary/aromatic N) is 4. The number of aliphatic hydroxyl groups is 1. The van der Waals surface area contributed by atoms with Gasteiger partial charge >= 0.3 is 6.18 Å². The van der Waals surface area contributed by atoms with E-state index in [0.717, 1.165) is 18.2 Å². The standard InChI is InChI=1S/C13H15F3N4O/c1-7-4-18-19-6-8(2)20-9(10(7)19)5-17-11(20)12(3,21)13(14,15)16/h4-5,8,21H,6H2,1-3H3/t8-,12?/m0/s1. The third-order valence-corrected chi connectivity index (χ3v) is 3.93. The van der Waals surface area contributed by atoms with E-state index in [1.54, 1.807) is 17.8 Å². The number of aromatic nitrogens is 4. The second-order valence-electron chi connectivity index (χ2n) is 5.61. The third-order valence-electron chi connectivity index (χ3n) is 3.93. The summed E-state index contributed by atoms with van der Waals surface area (Å²) in [6.07, 6.45) is -1.75. The van der Waals surface area contributed by atoms with Crippen molar-refractivity contribution in [1.82, 2.24) is 19.3 Å². The van der Waals surface area contributed by atoms with Crippen molar-refractivity contribution in [3.8, 4) is 11.4 Å². The van der Waals surface area contributed by atoms with E-state index in [4.69, 9.17) is 0 Å². The normalized spacial score (nSPS) is 20.8. The lowest BCUT2D eigenvalue weighted by Crippen LogP contribution is -2.42. The summed E-state index contributed by atoms with van der Waals surface area (Å²) in [4.78, 5) is 3.86. The van der Waals surface area contributed by atoms with Gasteiger partial charge in [0.05, 0.1) is 36.4 Å². The second-order valence-corrected chi connectivity index (χ2v) is 5.61. The van der Waals surface area contributed by atoms with Crippen molar-refractivity contribution >= 4 is 0 Å². The first-order valence-corrected chi connectivity index (χ1v) is 6.54. The Morgan fingerprint density at radius 1 is 1.33 bits per heavy atom. The van der Waals surface area contributed by atoms with Gasteiger partial charge in [0.2, 0.25) is 5.60 Å². The van der Waals surface area contributed by atoms with Gasteiger partial charge in [-0.05, 0) is 26.3 Å². The second kappa shape index (κ2) is 4.09. The van der Waals surface area contributed by atoms with Crippen LogP contribution in [0.3, 0.4) is 0 Å². The van der Waals surface area contributed by atoms with Crippen molar-refractivity contribution in [3.05, 3.63) is 23.8 Å². The third kappa shape index (κ3) is 1.81. The number of halogens is 3. The molecule has 8 heteroatoms. The molecule has 0 saturated carbocycles. The lowest BCUT2D eigenvalue weighted by Gasteiger charge is -2.31. The molecule has 0 aliphatic carbocycles. The van der Waals surface area contributed by atoms with Gasteiger partial charge in [0, 0.05) is 0 Å². The van der Waals surface area contributed by atoms with Crippen LogP contribution in [0.1, 0.15) is 31.3 Å². The number of fused-ring (bicyclic) bond motifs is 3. The van der Waals surface area contributed by atoms with Crippen molar-refractivity contribution in [3.63, 3.8) is 0 Å². The molecule has 0 spiro atoms. The smallest absolute Gasteiger partial charge is 0.374 e. The monoisotopic (exact) mass is 300 g/mol. The number of rotatable bonds is 1. The first kappa shape index (κ1) is 14.1. The zero-order chi connectivity index (χ0) is 15.6. The highest BCUT2D eigenvalue weighted by molar-refractivity contribution is 5.60. The molecule has 0 amide bonds. The van der Waals surface area contributed by atoms with Crippen LogP contribution in [-0.2, 0) is 12.1 Å². The van der Waals surface area contributed by atoms with Gasteiger partial charge in [-0.1, -0.05) is 0 Å². The zero-order valence-corrected chi connectivity index (χ0v) is 11.8. The predicted molar refractivity (Wildman–Crippen MR) is 68.5 cm³/mol. The van der Waals surface area contributed by atoms with Gasteiger partial charge < -0.3 is 9.67 Å². The van der Waals surface area contributed by atoms with E-state index in [1.807, 2.05) is 6.92 Å². The Balaban J connectivity index is 2.23. The quantitative estimate of drug-likeness (QED) is 0.880. The Labute approximate surface area is 119 Å². The maximum Gasteiger partial charge on any atom is 0.424 e. The summed E-state index contributed by atoms with van der Waals surface area (Å²) in [6.45, 7) is 4.79. The molecule has 21 heavy (non-hydrogen) atoms. The van der Waals surface area contributed by atoms with Gasteiger partial charge in [-0.15, -0.1) is 0 Å². The molecule has 2 aromatic heterocycles. The molecule has 3 heterocycles. The van der Waals surface area contributed by atoms with E-state index in [1.165, 1.54) is 10.8 Å². The lowest BCUT2D eigenvalue weighted by atomic mass is 10.0. The molecular formula is C13H15F3N4O. The average molecular weight is 300 g/mol. The van der Waals surface area contributed by atoms with Gasteiger partial charge in [0.25, 0.3) is 0 Å². The van der Waals surface area contributed by atoms with Crippen molar-refractivity contribution in [1.29, 1.82) is 0 Å². The van der Waals surface area contributed by atoms with Crippen molar-refractivity contribution in [2.75, 3.05) is 0 Å². The van der Waals surface area contributed by atoms with Crippen LogP contribution in [0.2, 0.25) is 0 Å². The highest BCUT2D eigenvalue weighted by atomic mass is 19.4. The van der Waals surface area contributed by atoms with Crippen LogP contribution >= 0.6 is 0 Å². The van der Waals surface area contributed by atoms with E-state index in [-0.39, 0.29) is 11.9 Å². The van der Waals surface area contributed by atoms with E-state index >= 15 is 0 Å². The molecular weight excluding hydrogens is 285 g/mol. The molecule has 1 aliphatic rings. The topological polar surface area (TPSA) is 55.9 Å². The van der Waals surface area contributed by atoms with Crippen molar-refractivity contribution in [2.24, 2.45) is 0 Å². The Morgan fingerprint density at radius 2 is 2.00 bits per heavy atom. The summed E-state index contributed by atoms with van der Waals surface area (Å²) in [6, 6.07) is -0.280. The van der Waals surface area contributed by atoms with Crippen LogP contribution in [0.5, 0.6) is 0 Å². The molecule has 2 aromatic rings. The van der Waals surface area contributed by atoms with Crippen LogP contribution in [0.25, 0.3) is 11.4 Å².